The number of nitrogens with zero attached hydrogens (tertiary/aromatic N) is 1. The van der Waals surface area contributed by atoms with Gasteiger partial charge < -0.3 is 5.32 Å². The molecule has 0 radical (unpaired) electrons. The van der Waals surface area contributed by atoms with E-state index in [-0.39, 0.29) is 5.69 Å². The summed E-state index contributed by atoms with van der Waals surface area (Å²) in [7, 11) is 0. The molecule has 0 unspecified atom stereocenters. The fourth-order valence-corrected chi connectivity index (χ4v) is 2.98. The largest absolute Gasteiger partial charge is 0.373 e. The van der Waals surface area contributed by atoms with E-state index in [1.165, 1.54) is 16.5 Å². The molecule has 0 atom stereocenters. The molecule has 19 heavy (non-hydrogen) atoms. The number of anilines is 1. The van der Waals surface area contributed by atoms with Crippen molar-refractivity contribution in [3.63, 3.8) is 0 Å². The van der Waals surface area contributed by atoms with Crippen molar-refractivity contribution in [2.24, 2.45) is 0 Å². The zero-order valence-electron chi connectivity index (χ0n) is 10.6. The van der Waals surface area contributed by atoms with Crippen LogP contribution in [0.1, 0.15) is 15.3 Å². The monoisotopic (exact) mass is 296 g/mol. The summed E-state index contributed by atoms with van der Waals surface area (Å²) < 4.78 is 0. The number of hydrogen-bond acceptors (Lipinski definition) is 4. The maximum absolute atomic E-state index is 11.0. The van der Waals surface area contributed by atoms with Gasteiger partial charge in [0.05, 0.1) is 9.95 Å². The van der Waals surface area contributed by atoms with Crippen LogP contribution >= 0.6 is 22.9 Å². The molecule has 2 rings (SSSR count). The molecular weight excluding hydrogens is 284 g/mol. The van der Waals surface area contributed by atoms with Crippen molar-refractivity contribution in [3.8, 4) is 0 Å². The molecule has 0 amide bonds. The number of nitrogens with one attached hydrogen (secondary N) is 1. The van der Waals surface area contributed by atoms with Crippen LogP contribution in [0, 0.1) is 24.0 Å². The molecule has 1 heterocycles. The van der Waals surface area contributed by atoms with Crippen LogP contribution in [0.15, 0.2) is 24.3 Å². The van der Waals surface area contributed by atoms with Crippen molar-refractivity contribution in [1.29, 1.82) is 0 Å². The number of nitro benzene ring substituents is 1. The third-order valence-electron chi connectivity index (χ3n) is 2.84. The van der Waals surface area contributed by atoms with E-state index in [0.717, 1.165) is 4.88 Å². The minimum atomic E-state index is -0.431. The summed E-state index contributed by atoms with van der Waals surface area (Å²) in [6, 6.07) is 6.74. The standard InChI is InChI=1S/C13H13ClN2O2S/c1-8-6-10(19-9(8)2)7-15-13-11(14)4-3-5-12(13)16(17)18/h3-6,15H,7H2,1-2H3. The lowest BCUT2D eigenvalue weighted by Crippen LogP contribution is -2.02. The molecule has 2 aromatic rings. The quantitative estimate of drug-likeness (QED) is 0.665. The van der Waals surface area contributed by atoms with E-state index < -0.39 is 4.92 Å². The molecule has 0 saturated carbocycles. The van der Waals surface area contributed by atoms with Crippen molar-refractivity contribution < 1.29 is 4.92 Å². The summed E-state index contributed by atoms with van der Waals surface area (Å²) in [6.07, 6.45) is 0. The highest BCUT2D eigenvalue weighted by molar-refractivity contribution is 7.12. The molecule has 1 aromatic carbocycles. The lowest BCUT2D eigenvalue weighted by molar-refractivity contribution is -0.383. The summed E-state index contributed by atoms with van der Waals surface area (Å²) in [5.74, 6) is 0. The van der Waals surface area contributed by atoms with Crippen LogP contribution in [0.25, 0.3) is 0 Å². The highest BCUT2D eigenvalue weighted by atomic mass is 35.5. The van der Waals surface area contributed by atoms with E-state index in [0.29, 0.717) is 17.3 Å². The van der Waals surface area contributed by atoms with Crippen LogP contribution in [0.3, 0.4) is 0 Å². The maximum Gasteiger partial charge on any atom is 0.293 e. The molecule has 6 heteroatoms. The molecule has 0 bridgehead atoms. The van der Waals surface area contributed by atoms with E-state index in [2.05, 4.69) is 18.3 Å². The van der Waals surface area contributed by atoms with Gasteiger partial charge in [-0.2, -0.15) is 0 Å². The Hall–Kier alpha value is -1.59. The smallest absolute Gasteiger partial charge is 0.293 e. The Balaban J connectivity index is 2.21. The van der Waals surface area contributed by atoms with Gasteiger partial charge in [-0.25, -0.2) is 0 Å². The van der Waals surface area contributed by atoms with Crippen LogP contribution in [-0.2, 0) is 6.54 Å². The normalized spacial score (nSPS) is 10.5. The third-order valence-corrected chi connectivity index (χ3v) is 4.31. The highest BCUT2D eigenvalue weighted by Crippen LogP contribution is 2.32. The molecule has 0 fully saturated rings. The summed E-state index contributed by atoms with van der Waals surface area (Å²) in [5, 5.41) is 14.4. The first kappa shape index (κ1) is 13.8. The SMILES string of the molecule is Cc1cc(CNc2c(Cl)cccc2[N+](=O)[O-])sc1C. The molecule has 0 saturated heterocycles. The fourth-order valence-electron chi connectivity index (χ4n) is 1.75. The lowest BCUT2D eigenvalue weighted by atomic mass is 10.2. The Morgan fingerprint density at radius 3 is 2.74 bits per heavy atom. The van der Waals surface area contributed by atoms with Crippen LogP contribution in [0.5, 0.6) is 0 Å². The average Bonchev–Trinajstić information content (AvgIpc) is 2.67. The summed E-state index contributed by atoms with van der Waals surface area (Å²) in [5.41, 5.74) is 1.60. The zero-order chi connectivity index (χ0) is 14.0. The third kappa shape index (κ3) is 3.05. The molecule has 1 N–H and O–H groups in total. The number of thiophene rings is 1. The number of halogens is 1. The van der Waals surface area contributed by atoms with Gasteiger partial charge >= 0.3 is 0 Å². The molecule has 1 aromatic heterocycles. The number of rotatable bonds is 4. The Labute approximate surface area is 120 Å². The molecule has 0 aliphatic rings. The van der Waals surface area contributed by atoms with Crippen molar-refractivity contribution in [2.75, 3.05) is 5.32 Å². The van der Waals surface area contributed by atoms with Gasteiger partial charge in [-0.05, 0) is 31.5 Å². The van der Waals surface area contributed by atoms with Gasteiger partial charge in [0.1, 0.15) is 5.69 Å². The first-order valence-corrected chi connectivity index (χ1v) is 6.91. The molecular formula is C13H13ClN2O2S. The Bertz CT molecular complexity index is 606. The summed E-state index contributed by atoms with van der Waals surface area (Å²) in [4.78, 5) is 12.9. The highest BCUT2D eigenvalue weighted by Gasteiger charge is 2.16. The second-order valence-electron chi connectivity index (χ2n) is 4.20. The van der Waals surface area contributed by atoms with Crippen molar-refractivity contribution in [3.05, 3.63) is 54.7 Å². The van der Waals surface area contributed by atoms with Crippen molar-refractivity contribution >= 4 is 34.3 Å². The topological polar surface area (TPSA) is 55.2 Å². The van der Waals surface area contributed by atoms with Gasteiger partial charge in [-0.15, -0.1) is 11.3 Å². The number of aryl methyl sites for hydroxylation is 2. The van der Waals surface area contributed by atoms with Crippen LogP contribution in [0.4, 0.5) is 11.4 Å². The zero-order valence-corrected chi connectivity index (χ0v) is 12.1. The maximum atomic E-state index is 11.0. The van der Waals surface area contributed by atoms with E-state index >= 15 is 0 Å². The average molecular weight is 297 g/mol. The molecule has 4 nitrogen and oxygen atoms in total. The predicted molar refractivity (Wildman–Crippen MR) is 79.2 cm³/mol. The van der Waals surface area contributed by atoms with E-state index in [1.807, 2.05) is 6.92 Å². The molecule has 0 aliphatic heterocycles. The van der Waals surface area contributed by atoms with Gasteiger partial charge in [-0.1, -0.05) is 17.7 Å². The first-order chi connectivity index (χ1) is 8.99. The van der Waals surface area contributed by atoms with E-state index in [1.54, 1.807) is 23.5 Å². The van der Waals surface area contributed by atoms with Crippen LogP contribution in [0.2, 0.25) is 5.02 Å². The molecule has 100 valence electrons. The van der Waals surface area contributed by atoms with Gasteiger partial charge in [0.15, 0.2) is 0 Å². The predicted octanol–water partition coefficient (Wildman–Crippen LogP) is 4.54. The van der Waals surface area contributed by atoms with Crippen molar-refractivity contribution in [2.45, 2.75) is 20.4 Å². The summed E-state index contributed by atoms with van der Waals surface area (Å²) >= 11 is 7.69. The Morgan fingerprint density at radius 1 is 1.42 bits per heavy atom. The Kier molecular flexibility index (Phi) is 4.07. The number of nitro groups is 1. The minimum absolute atomic E-state index is 0.00231. The second-order valence-corrected chi connectivity index (χ2v) is 5.94. The second kappa shape index (κ2) is 5.59. The van der Waals surface area contributed by atoms with Gasteiger partial charge in [0, 0.05) is 22.4 Å². The fraction of sp³-hybridized carbons (Fsp3) is 0.231. The molecule has 0 spiro atoms. The van der Waals surface area contributed by atoms with E-state index in [4.69, 9.17) is 11.6 Å². The number of para-hydroxylation sites is 1. The van der Waals surface area contributed by atoms with E-state index in [9.17, 15) is 10.1 Å². The Morgan fingerprint density at radius 2 is 2.16 bits per heavy atom. The lowest BCUT2D eigenvalue weighted by Gasteiger charge is -2.07. The minimum Gasteiger partial charge on any atom is -0.373 e. The summed E-state index contributed by atoms with van der Waals surface area (Å²) in [6.45, 7) is 4.64. The van der Waals surface area contributed by atoms with Crippen LogP contribution < -0.4 is 5.32 Å². The number of benzene rings is 1. The first-order valence-electron chi connectivity index (χ1n) is 5.71. The molecule has 0 aliphatic carbocycles. The van der Waals surface area contributed by atoms with Gasteiger partial charge in [0.2, 0.25) is 0 Å². The van der Waals surface area contributed by atoms with Gasteiger partial charge in [0.25, 0.3) is 5.69 Å². The van der Waals surface area contributed by atoms with Crippen molar-refractivity contribution in [1.82, 2.24) is 0 Å². The van der Waals surface area contributed by atoms with Gasteiger partial charge in [-0.3, -0.25) is 10.1 Å². The number of hydrogen-bond donors (Lipinski definition) is 1. The van der Waals surface area contributed by atoms with Crippen LogP contribution in [-0.4, -0.2) is 4.92 Å².